The monoisotopic (exact) mass is 474 g/mol. The predicted octanol–water partition coefficient (Wildman–Crippen LogP) is 5.43. The molecular formula is C27H26N2O4S. The van der Waals surface area contributed by atoms with E-state index in [1.165, 1.54) is 11.3 Å². The molecule has 0 N–H and O–H groups in total. The van der Waals surface area contributed by atoms with Crippen LogP contribution in [-0.4, -0.2) is 30.3 Å². The second-order valence-corrected chi connectivity index (χ2v) is 8.31. The molecule has 0 aliphatic heterocycles. The lowest BCUT2D eigenvalue weighted by Crippen LogP contribution is -2.16. The van der Waals surface area contributed by atoms with Crippen molar-refractivity contribution in [3.05, 3.63) is 58.9 Å². The summed E-state index contributed by atoms with van der Waals surface area (Å²) in [7, 11) is 0. The Bertz CT molecular complexity index is 1430. The summed E-state index contributed by atoms with van der Waals surface area (Å²) in [5.74, 6) is 3.66. The number of hydrogen-bond acceptors (Lipinski definition) is 5. The first-order valence-corrected chi connectivity index (χ1v) is 12.0. The summed E-state index contributed by atoms with van der Waals surface area (Å²) in [6, 6.07) is 15.5. The SMILES string of the molecule is C#CCn1c(=NC(=O)c2cc(OCC)c(OCC)c(OCC)c2)sc2c3ccccc3ccc21. The molecule has 0 spiro atoms. The summed E-state index contributed by atoms with van der Waals surface area (Å²) < 4.78 is 20.2. The zero-order valence-electron chi connectivity index (χ0n) is 19.5. The van der Waals surface area contributed by atoms with Crippen LogP contribution in [0.2, 0.25) is 0 Å². The highest BCUT2D eigenvalue weighted by molar-refractivity contribution is 7.17. The number of benzene rings is 3. The van der Waals surface area contributed by atoms with Crippen LogP contribution in [0, 0.1) is 12.3 Å². The van der Waals surface area contributed by atoms with Crippen LogP contribution in [-0.2, 0) is 6.54 Å². The maximum Gasteiger partial charge on any atom is 0.279 e. The van der Waals surface area contributed by atoms with Crippen molar-refractivity contribution < 1.29 is 19.0 Å². The molecule has 1 heterocycles. The molecule has 1 aromatic heterocycles. The minimum Gasteiger partial charge on any atom is -0.490 e. The van der Waals surface area contributed by atoms with Gasteiger partial charge in [-0.1, -0.05) is 47.6 Å². The minimum absolute atomic E-state index is 0.308. The van der Waals surface area contributed by atoms with Gasteiger partial charge in [-0.05, 0) is 44.4 Å². The molecule has 0 aliphatic rings. The van der Waals surface area contributed by atoms with E-state index in [0.29, 0.717) is 54.0 Å². The Morgan fingerprint density at radius 3 is 2.32 bits per heavy atom. The number of thiazole rings is 1. The van der Waals surface area contributed by atoms with Crippen molar-refractivity contribution in [2.45, 2.75) is 27.3 Å². The van der Waals surface area contributed by atoms with Crippen molar-refractivity contribution >= 4 is 38.2 Å². The van der Waals surface area contributed by atoms with Crippen LogP contribution >= 0.6 is 11.3 Å². The number of carbonyl (C=O) groups excluding carboxylic acids is 1. The highest BCUT2D eigenvalue weighted by Gasteiger charge is 2.19. The molecule has 0 fully saturated rings. The van der Waals surface area contributed by atoms with Gasteiger partial charge in [-0.2, -0.15) is 4.99 Å². The van der Waals surface area contributed by atoms with Gasteiger partial charge in [0.2, 0.25) is 5.75 Å². The molecule has 0 bridgehead atoms. The van der Waals surface area contributed by atoms with E-state index < -0.39 is 5.91 Å². The van der Waals surface area contributed by atoms with Gasteiger partial charge < -0.3 is 18.8 Å². The Hall–Kier alpha value is -3.76. The van der Waals surface area contributed by atoms with E-state index in [0.717, 1.165) is 21.0 Å². The van der Waals surface area contributed by atoms with Gasteiger partial charge in [0.25, 0.3) is 5.91 Å². The first-order chi connectivity index (χ1) is 16.6. The zero-order chi connectivity index (χ0) is 24.1. The number of nitrogens with zero attached hydrogens (tertiary/aromatic N) is 2. The molecule has 0 radical (unpaired) electrons. The predicted molar refractivity (Wildman–Crippen MR) is 136 cm³/mol. The fourth-order valence-corrected chi connectivity index (χ4v) is 4.95. The molecule has 0 atom stereocenters. The molecule has 4 aromatic rings. The lowest BCUT2D eigenvalue weighted by atomic mass is 10.1. The highest BCUT2D eigenvalue weighted by Crippen LogP contribution is 2.39. The second-order valence-electron chi connectivity index (χ2n) is 7.33. The summed E-state index contributed by atoms with van der Waals surface area (Å²) >= 11 is 1.45. The molecule has 4 rings (SSSR count). The number of ether oxygens (including phenoxy) is 3. The molecule has 7 heteroatoms. The summed E-state index contributed by atoms with van der Waals surface area (Å²) in [6.45, 7) is 7.23. The molecule has 174 valence electrons. The topological polar surface area (TPSA) is 62.1 Å². The average Bonchev–Trinajstić information content (AvgIpc) is 3.19. The van der Waals surface area contributed by atoms with Crippen molar-refractivity contribution in [2.75, 3.05) is 19.8 Å². The Morgan fingerprint density at radius 1 is 1.00 bits per heavy atom. The Labute approximate surface area is 202 Å². The van der Waals surface area contributed by atoms with E-state index in [1.54, 1.807) is 12.1 Å². The molecule has 0 saturated carbocycles. The van der Waals surface area contributed by atoms with Crippen molar-refractivity contribution in [3.63, 3.8) is 0 Å². The van der Waals surface area contributed by atoms with Crippen LogP contribution in [0.4, 0.5) is 0 Å². The number of hydrogen-bond donors (Lipinski definition) is 0. The van der Waals surface area contributed by atoms with Gasteiger partial charge in [-0.15, -0.1) is 6.42 Å². The van der Waals surface area contributed by atoms with E-state index in [9.17, 15) is 4.79 Å². The van der Waals surface area contributed by atoms with Crippen LogP contribution in [0.5, 0.6) is 17.2 Å². The van der Waals surface area contributed by atoms with Gasteiger partial charge in [0.1, 0.15) is 0 Å². The van der Waals surface area contributed by atoms with Gasteiger partial charge in [-0.3, -0.25) is 4.79 Å². The fourth-order valence-electron chi connectivity index (χ4n) is 3.79. The van der Waals surface area contributed by atoms with Crippen LogP contribution in [0.25, 0.3) is 21.0 Å². The lowest BCUT2D eigenvalue weighted by molar-refractivity contribution is 0.0996. The van der Waals surface area contributed by atoms with E-state index in [1.807, 2.05) is 43.5 Å². The van der Waals surface area contributed by atoms with Gasteiger partial charge in [0, 0.05) is 10.9 Å². The van der Waals surface area contributed by atoms with E-state index in [-0.39, 0.29) is 0 Å². The number of terminal acetylenes is 1. The third-order valence-electron chi connectivity index (χ3n) is 5.18. The molecule has 6 nitrogen and oxygen atoms in total. The molecule has 34 heavy (non-hydrogen) atoms. The van der Waals surface area contributed by atoms with E-state index >= 15 is 0 Å². The summed E-state index contributed by atoms with van der Waals surface area (Å²) in [5.41, 5.74) is 1.30. The zero-order valence-corrected chi connectivity index (χ0v) is 20.3. The molecule has 3 aromatic carbocycles. The largest absolute Gasteiger partial charge is 0.490 e. The molecule has 0 unspecified atom stereocenters. The van der Waals surface area contributed by atoms with Crippen molar-refractivity contribution in [1.29, 1.82) is 0 Å². The van der Waals surface area contributed by atoms with Crippen molar-refractivity contribution in [1.82, 2.24) is 4.57 Å². The van der Waals surface area contributed by atoms with Crippen molar-refractivity contribution in [3.8, 4) is 29.6 Å². The van der Waals surface area contributed by atoms with Crippen LogP contribution in [0.1, 0.15) is 31.1 Å². The molecule has 0 aliphatic carbocycles. The van der Waals surface area contributed by atoms with Crippen LogP contribution in [0.15, 0.2) is 53.5 Å². The van der Waals surface area contributed by atoms with Gasteiger partial charge in [-0.25, -0.2) is 0 Å². The van der Waals surface area contributed by atoms with Gasteiger partial charge >= 0.3 is 0 Å². The molecule has 1 amide bonds. The number of amides is 1. The normalized spacial score (nSPS) is 11.5. The molecule has 0 saturated heterocycles. The first-order valence-electron chi connectivity index (χ1n) is 11.2. The Morgan fingerprint density at radius 2 is 1.68 bits per heavy atom. The minimum atomic E-state index is -0.411. The highest BCUT2D eigenvalue weighted by atomic mass is 32.1. The third-order valence-corrected chi connectivity index (χ3v) is 6.30. The Balaban J connectivity index is 1.88. The van der Waals surface area contributed by atoms with Gasteiger partial charge in [0.15, 0.2) is 16.3 Å². The smallest absolute Gasteiger partial charge is 0.279 e. The number of carbonyl (C=O) groups is 1. The fraction of sp³-hybridized carbons (Fsp3) is 0.259. The van der Waals surface area contributed by atoms with E-state index in [2.05, 4.69) is 29.1 Å². The first kappa shape index (κ1) is 23.4. The van der Waals surface area contributed by atoms with Crippen LogP contribution < -0.4 is 19.0 Å². The van der Waals surface area contributed by atoms with E-state index in [4.69, 9.17) is 20.6 Å². The summed E-state index contributed by atoms with van der Waals surface area (Å²) in [5, 5.41) is 2.22. The third kappa shape index (κ3) is 4.50. The standard InChI is InChI=1S/C27H26N2O4S/c1-5-15-29-21-14-13-18-11-9-10-12-20(18)25(21)34-27(29)28-26(30)19-16-22(31-6-2)24(33-8-4)23(17-19)32-7-3/h1,9-14,16-17H,6-8,15H2,2-4H3. The lowest BCUT2D eigenvalue weighted by Gasteiger charge is -2.16. The molecular weight excluding hydrogens is 448 g/mol. The summed E-state index contributed by atoms with van der Waals surface area (Å²) in [4.78, 5) is 18.3. The average molecular weight is 475 g/mol. The maximum atomic E-state index is 13.3. The van der Waals surface area contributed by atoms with Crippen molar-refractivity contribution in [2.24, 2.45) is 4.99 Å². The number of rotatable bonds is 8. The quantitative estimate of drug-likeness (QED) is 0.320. The van der Waals surface area contributed by atoms with Crippen LogP contribution in [0.3, 0.4) is 0 Å². The number of fused-ring (bicyclic) bond motifs is 3. The Kier molecular flexibility index (Phi) is 7.19. The maximum absolute atomic E-state index is 13.3. The van der Waals surface area contributed by atoms with Gasteiger partial charge in [0.05, 0.1) is 36.6 Å². The summed E-state index contributed by atoms with van der Waals surface area (Å²) in [6.07, 6.45) is 5.65. The number of aromatic nitrogens is 1. The second kappa shape index (κ2) is 10.4.